The quantitative estimate of drug-likeness (QED) is 0.821. The zero-order valence-corrected chi connectivity index (χ0v) is 14.5. The van der Waals surface area contributed by atoms with Crippen molar-refractivity contribution in [1.82, 2.24) is 0 Å². The van der Waals surface area contributed by atoms with E-state index in [1.807, 2.05) is 44.2 Å². The van der Waals surface area contributed by atoms with Crippen LogP contribution in [0.2, 0.25) is 0 Å². The Kier molecular flexibility index (Phi) is 5.19. The van der Waals surface area contributed by atoms with Crippen molar-refractivity contribution in [2.45, 2.75) is 39.5 Å². The van der Waals surface area contributed by atoms with Crippen LogP contribution in [0.3, 0.4) is 0 Å². The summed E-state index contributed by atoms with van der Waals surface area (Å²) < 4.78 is 5.78. The van der Waals surface area contributed by atoms with Crippen molar-refractivity contribution >= 4 is 11.6 Å². The van der Waals surface area contributed by atoms with E-state index in [4.69, 9.17) is 4.74 Å². The van der Waals surface area contributed by atoms with Gasteiger partial charge in [0.2, 0.25) is 0 Å². The van der Waals surface area contributed by atoms with Crippen molar-refractivity contribution in [1.29, 1.82) is 0 Å². The second-order valence-corrected chi connectivity index (χ2v) is 6.40. The standard InChI is InChI=1S/C21H25NO2/c1-3-22(19-10-6-7-16(2)13-19)21(23)15-24-20-12-11-17-8-4-5-9-18(17)14-20/h6-7,10-14H,3-5,8-9,15H2,1-2H3. The monoisotopic (exact) mass is 323 g/mol. The van der Waals surface area contributed by atoms with E-state index in [9.17, 15) is 4.79 Å². The van der Waals surface area contributed by atoms with Crippen LogP contribution in [0.15, 0.2) is 42.5 Å². The zero-order chi connectivity index (χ0) is 16.9. The van der Waals surface area contributed by atoms with Gasteiger partial charge in [-0.05, 0) is 80.5 Å². The molecular formula is C21H25NO2. The Morgan fingerprint density at radius 1 is 1.08 bits per heavy atom. The summed E-state index contributed by atoms with van der Waals surface area (Å²) in [7, 11) is 0. The molecule has 0 aliphatic heterocycles. The molecule has 1 amide bonds. The van der Waals surface area contributed by atoms with Gasteiger partial charge in [0.15, 0.2) is 6.61 Å². The molecule has 1 aliphatic carbocycles. The van der Waals surface area contributed by atoms with Crippen LogP contribution in [0.1, 0.15) is 36.5 Å². The number of benzene rings is 2. The number of aryl methyl sites for hydroxylation is 3. The van der Waals surface area contributed by atoms with Crippen molar-refractivity contribution in [3.8, 4) is 5.75 Å². The normalized spacial score (nSPS) is 13.2. The number of anilines is 1. The number of carbonyl (C=O) groups is 1. The molecule has 3 heteroatoms. The van der Waals surface area contributed by atoms with E-state index in [0.717, 1.165) is 29.8 Å². The lowest BCUT2D eigenvalue weighted by Crippen LogP contribution is -2.34. The third-order valence-corrected chi connectivity index (χ3v) is 4.61. The van der Waals surface area contributed by atoms with E-state index in [0.29, 0.717) is 6.54 Å². The van der Waals surface area contributed by atoms with Gasteiger partial charge in [-0.25, -0.2) is 0 Å². The molecule has 0 N–H and O–H groups in total. The SMILES string of the molecule is CCN(C(=O)COc1ccc2c(c1)CCCC2)c1cccc(C)c1. The minimum atomic E-state index is -0.0131. The van der Waals surface area contributed by atoms with Crippen LogP contribution >= 0.6 is 0 Å². The molecule has 0 saturated carbocycles. The lowest BCUT2D eigenvalue weighted by atomic mass is 9.92. The Morgan fingerprint density at radius 2 is 1.88 bits per heavy atom. The second kappa shape index (κ2) is 7.52. The van der Waals surface area contributed by atoms with Crippen LogP contribution in [-0.4, -0.2) is 19.1 Å². The molecule has 24 heavy (non-hydrogen) atoms. The summed E-state index contributed by atoms with van der Waals surface area (Å²) >= 11 is 0. The van der Waals surface area contributed by atoms with Crippen molar-refractivity contribution in [3.63, 3.8) is 0 Å². The lowest BCUT2D eigenvalue weighted by Gasteiger charge is -2.22. The van der Waals surface area contributed by atoms with Crippen LogP contribution in [0.25, 0.3) is 0 Å². The molecule has 0 unspecified atom stereocenters. The molecule has 1 aliphatic rings. The van der Waals surface area contributed by atoms with E-state index < -0.39 is 0 Å². The second-order valence-electron chi connectivity index (χ2n) is 6.40. The predicted molar refractivity (Wildman–Crippen MR) is 97.8 cm³/mol. The Balaban J connectivity index is 1.66. The number of carbonyl (C=O) groups excluding carboxylic acids is 1. The molecule has 0 bridgehead atoms. The van der Waals surface area contributed by atoms with Gasteiger partial charge in [-0.3, -0.25) is 4.79 Å². The fraction of sp³-hybridized carbons (Fsp3) is 0.381. The van der Waals surface area contributed by atoms with E-state index in [2.05, 4.69) is 12.1 Å². The minimum Gasteiger partial charge on any atom is -0.484 e. The smallest absolute Gasteiger partial charge is 0.264 e. The summed E-state index contributed by atoms with van der Waals surface area (Å²) in [4.78, 5) is 14.3. The number of hydrogen-bond donors (Lipinski definition) is 0. The third-order valence-electron chi connectivity index (χ3n) is 4.61. The molecule has 0 saturated heterocycles. The number of rotatable bonds is 5. The van der Waals surface area contributed by atoms with Gasteiger partial charge in [-0.15, -0.1) is 0 Å². The lowest BCUT2D eigenvalue weighted by molar-refractivity contribution is -0.120. The molecule has 2 aromatic rings. The number of ether oxygens (including phenoxy) is 1. The first-order valence-electron chi connectivity index (χ1n) is 8.79. The summed E-state index contributed by atoms with van der Waals surface area (Å²) in [5.41, 5.74) is 4.87. The average Bonchev–Trinajstić information content (AvgIpc) is 2.60. The van der Waals surface area contributed by atoms with Crippen LogP contribution in [-0.2, 0) is 17.6 Å². The average molecular weight is 323 g/mol. The molecular weight excluding hydrogens is 298 g/mol. The molecule has 0 fully saturated rings. The molecule has 126 valence electrons. The first-order chi connectivity index (χ1) is 11.7. The fourth-order valence-electron chi connectivity index (χ4n) is 3.32. The third kappa shape index (κ3) is 3.78. The Bertz CT molecular complexity index is 724. The molecule has 3 rings (SSSR count). The van der Waals surface area contributed by atoms with E-state index in [-0.39, 0.29) is 12.5 Å². The van der Waals surface area contributed by atoms with Gasteiger partial charge < -0.3 is 9.64 Å². The highest BCUT2D eigenvalue weighted by Gasteiger charge is 2.15. The van der Waals surface area contributed by atoms with Crippen molar-refractivity contribution in [2.24, 2.45) is 0 Å². The summed E-state index contributed by atoms with van der Waals surface area (Å²) in [6, 6.07) is 14.2. The number of likely N-dealkylation sites (N-methyl/N-ethyl adjacent to an activating group) is 1. The zero-order valence-electron chi connectivity index (χ0n) is 14.5. The number of nitrogens with zero attached hydrogens (tertiary/aromatic N) is 1. The molecule has 0 spiro atoms. The first kappa shape index (κ1) is 16.6. The van der Waals surface area contributed by atoms with Gasteiger partial charge in [0.05, 0.1) is 0 Å². The number of fused-ring (bicyclic) bond motifs is 1. The van der Waals surface area contributed by atoms with E-state index >= 15 is 0 Å². The van der Waals surface area contributed by atoms with Crippen LogP contribution in [0.5, 0.6) is 5.75 Å². The number of hydrogen-bond acceptors (Lipinski definition) is 2. The van der Waals surface area contributed by atoms with Crippen molar-refractivity contribution in [2.75, 3.05) is 18.1 Å². The highest BCUT2D eigenvalue weighted by Crippen LogP contribution is 2.25. The van der Waals surface area contributed by atoms with Gasteiger partial charge in [0.25, 0.3) is 5.91 Å². The highest BCUT2D eigenvalue weighted by atomic mass is 16.5. The maximum Gasteiger partial charge on any atom is 0.264 e. The first-order valence-corrected chi connectivity index (χ1v) is 8.79. The van der Waals surface area contributed by atoms with Crippen LogP contribution < -0.4 is 9.64 Å². The highest BCUT2D eigenvalue weighted by molar-refractivity contribution is 5.94. The maximum atomic E-state index is 12.5. The van der Waals surface area contributed by atoms with Crippen molar-refractivity contribution in [3.05, 3.63) is 59.2 Å². The summed E-state index contributed by atoms with van der Waals surface area (Å²) in [5.74, 6) is 0.783. The predicted octanol–water partition coefficient (Wildman–Crippen LogP) is 4.31. The topological polar surface area (TPSA) is 29.5 Å². The van der Waals surface area contributed by atoms with Crippen LogP contribution in [0.4, 0.5) is 5.69 Å². The largest absolute Gasteiger partial charge is 0.484 e. The van der Waals surface area contributed by atoms with Crippen molar-refractivity contribution < 1.29 is 9.53 Å². The van der Waals surface area contributed by atoms with E-state index in [1.54, 1.807) is 4.90 Å². The fourth-order valence-corrected chi connectivity index (χ4v) is 3.32. The Morgan fingerprint density at radius 3 is 2.62 bits per heavy atom. The van der Waals surface area contributed by atoms with Gasteiger partial charge in [0, 0.05) is 12.2 Å². The number of amides is 1. The van der Waals surface area contributed by atoms with Gasteiger partial charge in [-0.2, -0.15) is 0 Å². The molecule has 0 atom stereocenters. The van der Waals surface area contributed by atoms with Gasteiger partial charge in [0.1, 0.15) is 5.75 Å². The van der Waals surface area contributed by atoms with Crippen LogP contribution in [0, 0.1) is 6.92 Å². The Hall–Kier alpha value is -2.29. The minimum absolute atomic E-state index is 0.0131. The Labute approximate surface area is 144 Å². The molecule has 3 nitrogen and oxygen atoms in total. The summed E-state index contributed by atoms with van der Waals surface area (Å²) in [6.45, 7) is 4.72. The van der Waals surface area contributed by atoms with Gasteiger partial charge in [-0.1, -0.05) is 18.2 Å². The van der Waals surface area contributed by atoms with E-state index in [1.165, 1.54) is 24.0 Å². The molecule has 0 heterocycles. The molecule has 2 aromatic carbocycles. The molecule has 0 radical (unpaired) electrons. The summed E-state index contributed by atoms with van der Waals surface area (Å²) in [5, 5.41) is 0. The summed E-state index contributed by atoms with van der Waals surface area (Å²) in [6.07, 6.45) is 4.79. The molecule has 0 aromatic heterocycles. The maximum absolute atomic E-state index is 12.5. The van der Waals surface area contributed by atoms with Gasteiger partial charge >= 0.3 is 0 Å².